The largest absolute Gasteiger partial charge is 0.331 e. The van der Waals surface area contributed by atoms with Crippen LogP contribution in [0.25, 0.3) is 0 Å². The van der Waals surface area contributed by atoms with E-state index in [4.69, 9.17) is 0 Å². The van der Waals surface area contributed by atoms with E-state index in [0.717, 1.165) is 24.8 Å². The zero-order valence-electron chi connectivity index (χ0n) is 12.6. The minimum atomic E-state index is -0.0187. The molecule has 1 atom stereocenters. The smallest absolute Gasteiger partial charge is 0.223 e. The lowest BCUT2D eigenvalue weighted by Crippen LogP contribution is -2.40. The highest BCUT2D eigenvalue weighted by molar-refractivity contribution is 7.10. The lowest BCUT2D eigenvalue weighted by molar-refractivity contribution is -0.134. The van der Waals surface area contributed by atoms with Crippen molar-refractivity contribution in [2.45, 2.75) is 32.2 Å². The van der Waals surface area contributed by atoms with E-state index in [1.54, 1.807) is 11.3 Å². The molecule has 0 saturated carbocycles. The van der Waals surface area contributed by atoms with Crippen LogP contribution in [0, 0.1) is 6.92 Å². The summed E-state index contributed by atoms with van der Waals surface area (Å²) >= 11 is 1.76. The van der Waals surface area contributed by atoms with Crippen molar-refractivity contribution >= 4 is 23.5 Å². The predicted octanol–water partition coefficient (Wildman–Crippen LogP) is 3.51. The van der Waals surface area contributed by atoms with E-state index in [0.29, 0.717) is 12.8 Å². The fraction of sp³-hybridized carbons (Fsp3) is 0.333. The summed E-state index contributed by atoms with van der Waals surface area (Å²) in [6.07, 6.45) is 2.32. The molecule has 0 spiro atoms. The monoisotopic (exact) mass is 313 g/mol. The highest BCUT2D eigenvalue weighted by Crippen LogP contribution is 2.38. The van der Waals surface area contributed by atoms with Gasteiger partial charge in [-0.25, -0.2) is 0 Å². The molecule has 0 saturated heterocycles. The number of carbonyl (C=O) groups is 2. The van der Waals surface area contributed by atoms with Crippen LogP contribution in [0.1, 0.15) is 40.5 Å². The molecule has 1 amide bonds. The number of amides is 1. The van der Waals surface area contributed by atoms with Crippen LogP contribution >= 0.6 is 11.3 Å². The molecule has 0 N–H and O–H groups in total. The molecular weight excluding hydrogens is 294 g/mol. The number of hydrogen-bond acceptors (Lipinski definition) is 3. The van der Waals surface area contributed by atoms with Crippen molar-refractivity contribution in [1.82, 2.24) is 4.90 Å². The molecule has 0 aliphatic carbocycles. The Morgan fingerprint density at radius 3 is 2.82 bits per heavy atom. The van der Waals surface area contributed by atoms with Gasteiger partial charge in [-0.3, -0.25) is 4.79 Å². The van der Waals surface area contributed by atoms with Crippen molar-refractivity contribution < 1.29 is 9.59 Å². The summed E-state index contributed by atoms with van der Waals surface area (Å²) in [6, 6.07) is 10.5. The second-order valence-electron chi connectivity index (χ2n) is 5.65. The Hall–Kier alpha value is -1.94. The zero-order valence-corrected chi connectivity index (χ0v) is 13.4. The normalized spacial score (nSPS) is 17.1. The number of nitrogens with zero attached hydrogens (tertiary/aromatic N) is 1. The Labute approximate surface area is 134 Å². The summed E-state index contributed by atoms with van der Waals surface area (Å²) in [4.78, 5) is 26.4. The number of benzene rings is 1. The van der Waals surface area contributed by atoms with Crippen LogP contribution in [0.5, 0.6) is 0 Å². The third-order valence-electron chi connectivity index (χ3n) is 4.16. The van der Waals surface area contributed by atoms with Crippen molar-refractivity contribution in [3.05, 3.63) is 57.3 Å². The van der Waals surface area contributed by atoms with E-state index in [2.05, 4.69) is 42.6 Å². The van der Waals surface area contributed by atoms with Gasteiger partial charge in [0.1, 0.15) is 6.29 Å². The molecule has 2 aromatic rings. The molecule has 0 fully saturated rings. The number of thiophene rings is 1. The first-order chi connectivity index (χ1) is 10.7. The zero-order chi connectivity index (χ0) is 15.5. The highest BCUT2D eigenvalue weighted by Gasteiger charge is 2.32. The number of aryl methyl sites for hydroxylation is 1. The molecule has 4 heteroatoms. The van der Waals surface area contributed by atoms with E-state index in [9.17, 15) is 9.59 Å². The number of hydrogen-bond donors (Lipinski definition) is 0. The third-order valence-corrected chi connectivity index (χ3v) is 5.15. The predicted molar refractivity (Wildman–Crippen MR) is 88.1 cm³/mol. The van der Waals surface area contributed by atoms with Gasteiger partial charge in [-0.1, -0.05) is 29.8 Å². The second kappa shape index (κ2) is 6.44. The van der Waals surface area contributed by atoms with Gasteiger partial charge in [0.15, 0.2) is 0 Å². The number of fused-ring (bicyclic) bond motifs is 1. The fourth-order valence-corrected chi connectivity index (χ4v) is 3.92. The topological polar surface area (TPSA) is 37.4 Å². The molecule has 1 aliphatic rings. The summed E-state index contributed by atoms with van der Waals surface area (Å²) < 4.78 is 0. The Kier molecular flexibility index (Phi) is 4.39. The third kappa shape index (κ3) is 2.83. The lowest BCUT2D eigenvalue weighted by Gasteiger charge is -2.36. The summed E-state index contributed by atoms with van der Waals surface area (Å²) in [5.74, 6) is 0.0644. The first-order valence-electron chi connectivity index (χ1n) is 7.56. The maximum Gasteiger partial charge on any atom is 0.223 e. The molecule has 1 aliphatic heterocycles. The Morgan fingerprint density at radius 2 is 2.09 bits per heavy atom. The molecule has 1 unspecified atom stereocenters. The summed E-state index contributed by atoms with van der Waals surface area (Å²) in [7, 11) is 0. The summed E-state index contributed by atoms with van der Waals surface area (Å²) in [5.41, 5.74) is 3.59. The van der Waals surface area contributed by atoms with Gasteiger partial charge in [-0.15, -0.1) is 11.3 Å². The van der Waals surface area contributed by atoms with Crippen LogP contribution in [0.4, 0.5) is 0 Å². The molecule has 3 rings (SSSR count). The Bertz CT molecular complexity index is 675. The quantitative estimate of drug-likeness (QED) is 0.810. The van der Waals surface area contributed by atoms with Crippen LogP contribution in [-0.4, -0.2) is 23.6 Å². The first kappa shape index (κ1) is 15.0. The van der Waals surface area contributed by atoms with Gasteiger partial charge in [0.05, 0.1) is 6.04 Å². The highest BCUT2D eigenvalue weighted by atomic mass is 32.1. The molecular formula is C18H19NO2S. The van der Waals surface area contributed by atoms with Crippen molar-refractivity contribution in [2.24, 2.45) is 0 Å². The molecule has 22 heavy (non-hydrogen) atoms. The Morgan fingerprint density at radius 1 is 1.32 bits per heavy atom. The molecule has 0 bridgehead atoms. The first-order valence-corrected chi connectivity index (χ1v) is 8.44. The van der Waals surface area contributed by atoms with Crippen molar-refractivity contribution in [3.63, 3.8) is 0 Å². The van der Waals surface area contributed by atoms with Crippen molar-refractivity contribution in [3.8, 4) is 0 Å². The molecule has 114 valence electrons. The number of aldehydes is 1. The average molecular weight is 313 g/mol. The van der Waals surface area contributed by atoms with Crippen LogP contribution in [0.15, 0.2) is 35.7 Å². The fourth-order valence-electron chi connectivity index (χ4n) is 3.02. The average Bonchev–Trinajstić information content (AvgIpc) is 3.01. The SMILES string of the molecule is Cc1ccc(C2c3ccsc3CCN2C(=O)CCC=O)cc1. The van der Waals surface area contributed by atoms with Gasteiger partial charge in [-0.2, -0.15) is 0 Å². The van der Waals surface area contributed by atoms with Crippen molar-refractivity contribution in [2.75, 3.05) is 6.54 Å². The van der Waals surface area contributed by atoms with E-state index in [1.165, 1.54) is 16.0 Å². The summed E-state index contributed by atoms with van der Waals surface area (Å²) in [6.45, 7) is 2.79. The lowest BCUT2D eigenvalue weighted by atomic mass is 9.92. The van der Waals surface area contributed by atoms with E-state index < -0.39 is 0 Å². The molecule has 0 radical (unpaired) electrons. The van der Waals surface area contributed by atoms with Gasteiger partial charge in [0.25, 0.3) is 0 Å². The molecule has 1 aromatic carbocycles. The minimum Gasteiger partial charge on any atom is -0.331 e. The Balaban J connectivity index is 1.97. The number of carbonyl (C=O) groups excluding carboxylic acids is 2. The standard InChI is InChI=1S/C18H19NO2S/c1-13-4-6-14(7-5-13)18-15-9-12-22-16(15)8-10-19(18)17(21)3-2-11-20/h4-7,9,11-12,18H,2-3,8,10H2,1H3. The van der Waals surface area contributed by atoms with Gasteiger partial charge >= 0.3 is 0 Å². The van der Waals surface area contributed by atoms with Gasteiger partial charge in [-0.05, 0) is 35.9 Å². The molecule has 2 heterocycles. The van der Waals surface area contributed by atoms with Crippen LogP contribution in [0.3, 0.4) is 0 Å². The van der Waals surface area contributed by atoms with E-state index >= 15 is 0 Å². The number of rotatable bonds is 4. The van der Waals surface area contributed by atoms with E-state index in [1.807, 2.05) is 4.90 Å². The van der Waals surface area contributed by atoms with Gasteiger partial charge in [0.2, 0.25) is 5.91 Å². The van der Waals surface area contributed by atoms with Gasteiger partial charge in [0, 0.05) is 24.3 Å². The van der Waals surface area contributed by atoms with Crippen LogP contribution < -0.4 is 0 Å². The maximum absolute atomic E-state index is 12.5. The van der Waals surface area contributed by atoms with Crippen LogP contribution in [-0.2, 0) is 16.0 Å². The van der Waals surface area contributed by atoms with E-state index in [-0.39, 0.29) is 11.9 Å². The summed E-state index contributed by atoms with van der Waals surface area (Å²) in [5, 5.41) is 2.10. The van der Waals surface area contributed by atoms with Crippen LogP contribution in [0.2, 0.25) is 0 Å². The maximum atomic E-state index is 12.5. The van der Waals surface area contributed by atoms with Crippen molar-refractivity contribution in [1.29, 1.82) is 0 Å². The second-order valence-corrected chi connectivity index (χ2v) is 6.66. The molecule has 1 aromatic heterocycles. The van der Waals surface area contributed by atoms with Gasteiger partial charge < -0.3 is 9.69 Å². The molecule has 3 nitrogen and oxygen atoms in total. The minimum absolute atomic E-state index is 0.0187.